The lowest BCUT2D eigenvalue weighted by atomic mass is 9.85. The normalized spacial score (nSPS) is 11.7. The van der Waals surface area contributed by atoms with Crippen LogP contribution in [0, 0.1) is 0 Å². The van der Waals surface area contributed by atoms with E-state index in [0.717, 1.165) is 44.1 Å². The summed E-state index contributed by atoms with van der Waals surface area (Å²) in [6, 6.07) is 0. The summed E-state index contributed by atoms with van der Waals surface area (Å²) in [5, 5.41) is 10.3. The third kappa shape index (κ3) is 4.47. The van der Waals surface area contributed by atoms with Gasteiger partial charge < -0.3 is 5.11 Å². The van der Waals surface area contributed by atoms with Crippen LogP contribution in [0.2, 0.25) is 0 Å². The Kier molecular flexibility index (Phi) is 6.06. The summed E-state index contributed by atoms with van der Waals surface area (Å²) >= 11 is 0. The molecule has 0 aliphatic carbocycles. The molecule has 0 bridgehead atoms. The first kappa shape index (κ1) is 12.7. The maximum atomic E-state index is 10.3. The van der Waals surface area contributed by atoms with Gasteiger partial charge in [0.1, 0.15) is 0 Å². The van der Waals surface area contributed by atoms with Crippen molar-refractivity contribution in [3.63, 3.8) is 0 Å². The van der Waals surface area contributed by atoms with Gasteiger partial charge in [-0.1, -0.05) is 46.1 Å². The number of unbranched alkanes of at least 4 members (excludes halogenated alkanes) is 2. The molecule has 0 heterocycles. The lowest BCUT2D eigenvalue weighted by molar-refractivity contribution is 0.0557. The molecule has 0 rings (SSSR count). The first-order chi connectivity index (χ1) is 6.06. The third-order valence-corrected chi connectivity index (χ3v) is 2.68. The molecule has 0 atom stereocenters. The van der Waals surface area contributed by atoms with Crippen molar-refractivity contribution < 1.29 is 5.11 Å². The van der Waals surface area contributed by atoms with Gasteiger partial charge in [-0.05, 0) is 25.3 Å². The van der Waals surface area contributed by atoms with Crippen LogP contribution < -0.4 is 0 Å². The van der Waals surface area contributed by atoms with Crippen LogP contribution in [-0.2, 0) is 0 Å². The summed E-state index contributed by atoms with van der Waals surface area (Å²) < 4.78 is 0. The quantitative estimate of drug-likeness (QED) is 0.598. The summed E-state index contributed by atoms with van der Waals surface area (Å²) in [5.74, 6) is 0. The van der Waals surface area contributed by atoms with E-state index in [2.05, 4.69) is 20.4 Å². The van der Waals surface area contributed by atoms with Crippen LogP contribution in [0.3, 0.4) is 0 Å². The summed E-state index contributed by atoms with van der Waals surface area (Å²) in [6.45, 7) is 10.1. The van der Waals surface area contributed by atoms with Crippen molar-refractivity contribution in [3.8, 4) is 0 Å². The number of rotatable bonds is 7. The fourth-order valence-electron chi connectivity index (χ4n) is 1.49. The summed E-state index contributed by atoms with van der Waals surface area (Å²) in [7, 11) is 0. The monoisotopic (exact) mass is 184 g/mol. The number of hydrogen-bond donors (Lipinski definition) is 1. The van der Waals surface area contributed by atoms with Gasteiger partial charge >= 0.3 is 0 Å². The molecule has 0 saturated heterocycles. The molecule has 1 heteroatoms. The molecule has 0 aliphatic heterocycles. The highest BCUT2D eigenvalue weighted by molar-refractivity contribution is 5.08. The lowest BCUT2D eigenvalue weighted by Crippen LogP contribution is -2.29. The second-order valence-corrected chi connectivity index (χ2v) is 4.02. The molecule has 0 amide bonds. The standard InChI is InChI=1S/C12H24O/c1-5-7-9-12(13,11(3)4)10-8-6-2/h13H,3,5-10H2,1-2,4H3. The summed E-state index contributed by atoms with van der Waals surface area (Å²) in [6.07, 6.45) is 6.21. The minimum atomic E-state index is -0.591. The molecular formula is C12H24O. The van der Waals surface area contributed by atoms with E-state index in [9.17, 15) is 5.11 Å². The first-order valence-corrected chi connectivity index (χ1v) is 5.45. The fraction of sp³-hybridized carbons (Fsp3) is 0.833. The predicted molar refractivity (Wildman–Crippen MR) is 58.8 cm³/mol. The van der Waals surface area contributed by atoms with Crippen molar-refractivity contribution >= 4 is 0 Å². The van der Waals surface area contributed by atoms with E-state index < -0.39 is 5.60 Å². The van der Waals surface area contributed by atoms with E-state index in [4.69, 9.17) is 0 Å². The van der Waals surface area contributed by atoms with Crippen molar-refractivity contribution in [2.75, 3.05) is 0 Å². The van der Waals surface area contributed by atoms with Gasteiger partial charge in [0.2, 0.25) is 0 Å². The van der Waals surface area contributed by atoms with Gasteiger partial charge in [-0.2, -0.15) is 0 Å². The average Bonchev–Trinajstić information content (AvgIpc) is 2.11. The van der Waals surface area contributed by atoms with Crippen molar-refractivity contribution in [2.45, 2.75) is 64.9 Å². The highest BCUT2D eigenvalue weighted by atomic mass is 16.3. The molecule has 1 nitrogen and oxygen atoms in total. The van der Waals surface area contributed by atoms with Crippen LogP contribution in [0.5, 0.6) is 0 Å². The Hall–Kier alpha value is -0.300. The minimum absolute atomic E-state index is 0.591. The SMILES string of the molecule is C=C(C)C(O)(CCCC)CCCC. The Balaban J connectivity index is 4.08. The maximum absolute atomic E-state index is 10.3. The zero-order chi connectivity index (χ0) is 10.3. The molecule has 0 aromatic rings. The van der Waals surface area contributed by atoms with Gasteiger partial charge in [-0.3, -0.25) is 0 Å². The Bertz CT molecular complexity index is 141. The van der Waals surface area contributed by atoms with Crippen molar-refractivity contribution in [1.82, 2.24) is 0 Å². The third-order valence-electron chi connectivity index (χ3n) is 2.68. The molecule has 0 aromatic carbocycles. The van der Waals surface area contributed by atoms with Gasteiger partial charge in [-0.25, -0.2) is 0 Å². The van der Waals surface area contributed by atoms with Crippen LogP contribution in [0.25, 0.3) is 0 Å². The fourth-order valence-corrected chi connectivity index (χ4v) is 1.49. The largest absolute Gasteiger partial charge is 0.386 e. The maximum Gasteiger partial charge on any atom is 0.0851 e. The number of hydrogen-bond acceptors (Lipinski definition) is 1. The zero-order valence-corrected chi connectivity index (χ0v) is 9.40. The van der Waals surface area contributed by atoms with E-state index >= 15 is 0 Å². The Morgan fingerprint density at radius 1 is 1.15 bits per heavy atom. The molecule has 0 fully saturated rings. The Morgan fingerprint density at radius 3 is 1.77 bits per heavy atom. The zero-order valence-electron chi connectivity index (χ0n) is 9.40. The Labute approximate surface area is 82.9 Å². The minimum Gasteiger partial charge on any atom is -0.386 e. The first-order valence-electron chi connectivity index (χ1n) is 5.45. The van der Waals surface area contributed by atoms with Gasteiger partial charge in [0.25, 0.3) is 0 Å². The molecular weight excluding hydrogens is 160 g/mol. The molecule has 1 N–H and O–H groups in total. The van der Waals surface area contributed by atoms with Crippen molar-refractivity contribution in [1.29, 1.82) is 0 Å². The smallest absolute Gasteiger partial charge is 0.0851 e. The molecule has 0 aliphatic rings. The van der Waals surface area contributed by atoms with Crippen LogP contribution >= 0.6 is 0 Å². The average molecular weight is 184 g/mol. The summed E-state index contributed by atoms with van der Waals surface area (Å²) in [5.41, 5.74) is 0.334. The van der Waals surface area contributed by atoms with Crippen molar-refractivity contribution in [2.24, 2.45) is 0 Å². The molecule has 0 unspecified atom stereocenters. The van der Waals surface area contributed by atoms with E-state index in [1.165, 1.54) is 0 Å². The van der Waals surface area contributed by atoms with E-state index in [1.54, 1.807) is 0 Å². The van der Waals surface area contributed by atoms with Crippen molar-refractivity contribution in [3.05, 3.63) is 12.2 Å². The lowest BCUT2D eigenvalue weighted by Gasteiger charge is -2.28. The van der Waals surface area contributed by atoms with Crippen LogP contribution in [0.15, 0.2) is 12.2 Å². The van der Waals surface area contributed by atoms with E-state index in [0.29, 0.717) is 0 Å². The predicted octanol–water partition coefficient (Wildman–Crippen LogP) is 3.67. The van der Waals surface area contributed by atoms with Gasteiger partial charge in [0.15, 0.2) is 0 Å². The van der Waals surface area contributed by atoms with Gasteiger partial charge in [-0.15, -0.1) is 0 Å². The molecule has 13 heavy (non-hydrogen) atoms. The van der Waals surface area contributed by atoms with Crippen LogP contribution in [0.4, 0.5) is 0 Å². The molecule has 0 aromatic heterocycles. The Morgan fingerprint density at radius 2 is 1.54 bits per heavy atom. The second-order valence-electron chi connectivity index (χ2n) is 4.02. The second kappa shape index (κ2) is 6.20. The van der Waals surface area contributed by atoms with Gasteiger partial charge in [0.05, 0.1) is 5.60 Å². The summed E-state index contributed by atoms with van der Waals surface area (Å²) in [4.78, 5) is 0. The molecule has 0 radical (unpaired) electrons. The number of aliphatic hydroxyl groups is 1. The molecule has 78 valence electrons. The van der Waals surface area contributed by atoms with Gasteiger partial charge in [0, 0.05) is 0 Å². The topological polar surface area (TPSA) is 20.2 Å². The highest BCUT2D eigenvalue weighted by Crippen LogP contribution is 2.27. The van der Waals surface area contributed by atoms with Crippen LogP contribution in [0.1, 0.15) is 59.3 Å². The van der Waals surface area contributed by atoms with Crippen LogP contribution in [-0.4, -0.2) is 10.7 Å². The highest BCUT2D eigenvalue weighted by Gasteiger charge is 2.25. The molecule has 0 saturated carbocycles. The van der Waals surface area contributed by atoms with E-state index in [-0.39, 0.29) is 0 Å². The van der Waals surface area contributed by atoms with E-state index in [1.807, 2.05) is 6.92 Å². The molecule has 0 spiro atoms.